The predicted octanol–water partition coefficient (Wildman–Crippen LogP) is 2.56. The van der Waals surface area contributed by atoms with Gasteiger partial charge < -0.3 is 26.8 Å². The minimum absolute atomic E-state index is 0.0321. The number of piperidine rings is 1. The highest BCUT2D eigenvalue weighted by Gasteiger charge is 2.52. The molecule has 4 heterocycles. The van der Waals surface area contributed by atoms with Crippen LogP contribution in [-0.4, -0.2) is 46.3 Å². The maximum Gasteiger partial charge on any atom is 0.158 e. The number of rotatable bonds is 3. The van der Waals surface area contributed by atoms with E-state index >= 15 is 0 Å². The van der Waals surface area contributed by atoms with E-state index in [0.717, 1.165) is 36.6 Å². The minimum atomic E-state index is -0.275. The van der Waals surface area contributed by atoms with E-state index in [0.29, 0.717) is 22.5 Å². The van der Waals surface area contributed by atoms with Crippen LogP contribution < -0.4 is 22.1 Å². The first-order valence-electron chi connectivity index (χ1n) is 9.57. The molecule has 2 fully saturated rings. The maximum atomic E-state index is 6.53. The van der Waals surface area contributed by atoms with Crippen LogP contribution >= 0.6 is 23.4 Å². The summed E-state index contributed by atoms with van der Waals surface area (Å²) in [6.45, 7) is 6.56. The SMILES string of the molecule is CC1(C)OCC2(CCN(c3cnc(Sc4ccnc(N)c4Cl)c(N)n3)CC2)C1N. The van der Waals surface area contributed by atoms with Gasteiger partial charge in [0.1, 0.15) is 16.7 Å². The highest BCUT2D eigenvalue weighted by molar-refractivity contribution is 7.99. The Morgan fingerprint density at radius 2 is 1.93 bits per heavy atom. The zero-order valence-electron chi connectivity index (χ0n) is 16.6. The third-order valence-corrected chi connectivity index (χ3v) is 7.64. The molecule has 1 atom stereocenters. The predicted molar refractivity (Wildman–Crippen MR) is 116 cm³/mol. The van der Waals surface area contributed by atoms with Crippen LogP contribution in [0.2, 0.25) is 5.02 Å². The number of anilines is 3. The Kier molecular flexibility index (Phi) is 5.27. The van der Waals surface area contributed by atoms with Crippen LogP contribution in [-0.2, 0) is 4.74 Å². The number of ether oxygens (including phenoxy) is 1. The van der Waals surface area contributed by atoms with Gasteiger partial charge in [0.15, 0.2) is 5.82 Å². The lowest BCUT2D eigenvalue weighted by Gasteiger charge is -2.42. The summed E-state index contributed by atoms with van der Waals surface area (Å²) in [5.41, 5.74) is 18.2. The second-order valence-corrected chi connectivity index (χ2v) is 9.66. The van der Waals surface area contributed by atoms with E-state index in [1.807, 2.05) is 0 Å². The van der Waals surface area contributed by atoms with E-state index in [1.165, 1.54) is 11.8 Å². The lowest BCUT2D eigenvalue weighted by Crippen LogP contribution is -2.53. The summed E-state index contributed by atoms with van der Waals surface area (Å²) in [5, 5.41) is 0.977. The molecular formula is C19H26ClN7OS. The average Bonchev–Trinajstić information content (AvgIpc) is 2.92. The van der Waals surface area contributed by atoms with E-state index in [2.05, 4.69) is 33.7 Å². The van der Waals surface area contributed by atoms with E-state index in [1.54, 1.807) is 18.5 Å². The van der Waals surface area contributed by atoms with Crippen molar-refractivity contribution in [1.82, 2.24) is 15.0 Å². The Balaban J connectivity index is 1.46. The molecule has 0 saturated carbocycles. The summed E-state index contributed by atoms with van der Waals surface area (Å²) >= 11 is 7.54. The van der Waals surface area contributed by atoms with Crippen molar-refractivity contribution >= 4 is 40.8 Å². The van der Waals surface area contributed by atoms with Crippen molar-refractivity contribution in [1.29, 1.82) is 0 Å². The zero-order valence-corrected chi connectivity index (χ0v) is 18.1. The van der Waals surface area contributed by atoms with Crippen molar-refractivity contribution in [2.45, 2.75) is 48.3 Å². The lowest BCUT2D eigenvalue weighted by atomic mass is 9.71. The Labute approximate surface area is 179 Å². The van der Waals surface area contributed by atoms with E-state index in [-0.39, 0.29) is 22.9 Å². The molecule has 8 nitrogen and oxygen atoms in total. The third kappa shape index (κ3) is 3.72. The summed E-state index contributed by atoms with van der Waals surface area (Å²) in [5.74, 6) is 1.41. The second-order valence-electron chi connectivity index (χ2n) is 8.25. The summed E-state index contributed by atoms with van der Waals surface area (Å²) < 4.78 is 5.98. The molecule has 0 amide bonds. The van der Waals surface area contributed by atoms with Crippen LogP contribution in [0.1, 0.15) is 26.7 Å². The summed E-state index contributed by atoms with van der Waals surface area (Å²) in [6.07, 6.45) is 5.27. The van der Waals surface area contributed by atoms with Gasteiger partial charge in [-0.05, 0) is 32.8 Å². The van der Waals surface area contributed by atoms with Gasteiger partial charge in [0.25, 0.3) is 0 Å². The fraction of sp³-hybridized carbons (Fsp3) is 0.526. The first kappa shape index (κ1) is 20.5. The van der Waals surface area contributed by atoms with Crippen LogP contribution in [0.5, 0.6) is 0 Å². The average molecular weight is 436 g/mol. The Hall–Kier alpha value is -1.81. The number of nitrogen functional groups attached to an aromatic ring is 2. The molecular weight excluding hydrogens is 410 g/mol. The lowest BCUT2D eigenvalue weighted by molar-refractivity contribution is 0.0248. The third-order valence-electron chi connectivity index (χ3n) is 6.06. The van der Waals surface area contributed by atoms with E-state index in [4.69, 9.17) is 33.5 Å². The molecule has 2 aliphatic rings. The molecule has 2 aliphatic heterocycles. The van der Waals surface area contributed by atoms with Gasteiger partial charge in [-0.15, -0.1) is 0 Å². The van der Waals surface area contributed by atoms with Crippen LogP contribution in [0.25, 0.3) is 0 Å². The van der Waals surface area contributed by atoms with Crippen molar-refractivity contribution in [3.8, 4) is 0 Å². The van der Waals surface area contributed by atoms with Gasteiger partial charge in [-0.25, -0.2) is 15.0 Å². The summed E-state index contributed by atoms with van der Waals surface area (Å²) in [6, 6.07) is 1.81. The fourth-order valence-corrected chi connectivity index (χ4v) is 5.14. The van der Waals surface area contributed by atoms with Crippen molar-refractivity contribution in [3.63, 3.8) is 0 Å². The topological polar surface area (TPSA) is 129 Å². The molecule has 2 saturated heterocycles. The highest BCUT2D eigenvalue weighted by atomic mass is 35.5. The van der Waals surface area contributed by atoms with Gasteiger partial charge in [0.05, 0.1) is 23.4 Å². The minimum Gasteiger partial charge on any atom is -0.382 e. The zero-order chi connectivity index (χ0) is 20.8. The van der Waals surface area contributed by atoms with E-state index in [9.17, 15) is 0 Å². The molecule has 6 N–H and O–H groups in total. The quantitative estimate of drug-likeness (QED) is 0.665. The summed E-state index contributed by atoms with van der Waals surface area (Å²) in [7, 11) is 0. The molecule has 29 heavy (non-hydrogen) atoms. The van der Waals surface area contributed by atoms with Gasteiger partial charge >= 0.3 is 0 Å². The van der Waals surface area contributed by atoms with E-state index < -0.39 is 0 Å². The van der Waals surface area contributed by atoms with Crippen molar-refractivity contribution in [2.24, 2.45) is 11.1 Å². The smallest absolute Gasteiger partial charge is 0.158 e. The van der Waals surface area contributed by atoms with Crippen LogP contribution in [0.3, 0.4) is 0 Å². The number of hydrogen-bond acceptors (Lipinski definition) is 9. The van der Waals surface area contributed by atoms with Crippen LogP contribution in [0.15, 0.2) is 28.4 Å². The molecule has 0 aromatic carbocycles. The number of hydrogen-bond donors (Lipinski definition) is 3. The van der Waals surface area contributed by atoms with Crippen LogP contribution in [0.4, 0.5) is 17.5 Å². The van der Waals surface area contributed by atoms with Gasteiger partial charge in [-0.1, -0.05) is 23.4 Å². The van der Waals surface area contributed by atoms with Crippen molar-refractivity contribution < 1.29 is 4.74 Å². The molecule has 2 aromatic rings. The number of nitrogens with zero attached hydrogens (tertiary/aromatic N) is 4. The number of aromatic nitrogens is 3. The molecule has 1 spiro atoms. The largest absolute Gasteiger partial charge is 0.382 e. The van der Waals surface area contributed by atoms with Gasteiger partial charge in [-0.3, -0.25) is 0 Å². The normalized spacial score (nSPS) is 22.9. The summed E-state index contributed by atoms with van der Waals surface area (Å²) in [4.78, 5) is 16.0. The number of pyridine rings is 1. The Morgan fingerprint density at radius 3 is 2.55 bits per heavy atom. The number of halogens is 1. The van der Waals surface area contributed by atoms with Crippen LogP contribution in [0, 0.1) is 5.41 Å². The second kappa shape index (κ2) is 7.46. The first-order valence-corrected chi connectivity index (χ1v) is 10.8. The molecule has 2 aromatic heterocycles. The highest BCUT2D eigenvalue weighted by Crippen LogP contribution is 2.46. The monoisotopic (exact) mass is 435 g/mol. The van der Waals surface area contributed by atoms with Gasteiger partial charge in [-0.2, -0.15) is 0 Å². The molecule has 0 bridgehead atoms. The molecule has 0 aliphatic carbocycles. The Bertz CT molecular complexity index is 917. The van der Waals surface area contributed by atoms with Gasteiger partial charge in [0, 0.05) is 35.6 Å². The van der Waals surface area contributed by atoms with Gasteiger partial charge in [0.2, 0.25) is 0 Å². The Morgan fingerprint density at radius 1 is 1.21 bits per heavy atom. The molecule has 1 unspecified atom stereocenters. The van der Waals surface area contributed by atoms with Crippen molar-refractivity contribution in [3.05, 3.63) is 23.5 Å². The fourth-order valence-electron chi connectivity index (χ4n) is 4.12. The first-order chi connectivity index (χ1) is 13.7. The number of nitrogens with two attached hydrogens (primary N) is 3. The standard InChI is InChI=1S/C19H26ClN7OS/c1-18(2)17(23)19(10-28-18)4-7-27(8-5-19)12-9-25-16(15(22)26-12)29-11-3-6-24-14(21)13(11)20/h3,6,9,17H,4-5,7-8,10,23H2,1-2H3,(H2,21,24)(H2,22,26). The molecule has 4 rings (SSSR count). The molecule has 10 heteroatoms. The molecule has 0 radical (unpaired) electrons. The van der Waals surface area contributed by atoms with Crippen molar-refractivity contribution in [2.75, 3.05) is 36.1 Å². The molecule has 156 valence electrons. The maximum absolute atomic E-state index is 6.53.